The SMILES string of the molecule is C=CCN(CCN1CCOCC1)C(=O)C1N(CCCO)C(=O)[C@@H]2[C@H](C(=O)OCC)[C@]3(C)CCC12S3. The summed E-state index contributed by atoms with van der Waals surface area (Å²) >= 11 is 1.65. The molecule has 5 atom stereocenters. The lowest BCUT2D eigenvalue weighted by atomic mass is 9.66. The number of carbonyl (C=O) groups excluding carboxylic acids is 3. The van der Waals surface area contributed by atoms with Crippen molar-refractivity contribution in [3.63, 3.8) is 0 Å². The standard InChI is InChI=1S/C25H39N3O6S/c1-4-9-27(12-11-26-13-16-33-17-14-26)22(31)20-25-8-7-24(3,35-25)19(23(32)34-5-2)18(25)21(30)28(20)10-6-15-29/h4,18-20,29H,1,5-17H2,2-3H3/t18-,19+,20?,24-,25?/m0/s1. The minimum atomic E-state index is -0.664. The number of thioether (sulfide) groups is 1. The van der Waals surface area contributed by atoms with Gasteiger partial charge < -0.3 is 24.4 Å². The third-order valence-corrected chi connectivity index (χ3v) is 10.0. The van der Waals surface area contributed by atoms with E-state index in [1.54, 1.807) is 34.6 Å². The normalized spacial score (nSPS) is 34.2. The largest absolute Gasteiger partial charge is 0.466 e. The minimum absolute atomic E-state index is 0.0675. The zero-order valence-electron chi connectivity index (χ0n) is 20.9. The second kappa shape index (κ2) is 10.8. The number of esters is 1. The van der Waals surface area contributed by atoms with Gasteiger partial charge in [-0.25, -0.2) is 0 Å². The van der Waals surface area contributed by atoms with Crippen molar-refractivity contribution in [2.75, 3.05) is 65.7 Å². The molecule has 1 N–H and O–H groups in total. The summed E-state index contributed by atoms with van der Waals surface area (Å²) in [5.41, 5.74) is 0. The molecule has 4 aliphatic rings. The third-order valence-electron chi connectivity index (χ3n) is 8.06. The molecule has 4 fully saturated rings. The molecule has 9 nitrogen and oxygen atoms in total. The molecule has 0 saturated carbocycles. The lowest BCUT2D eigenvalue weighted by molar-refractivity contribution is -0.155. The fourth-order valence-electron chi connectivity index (χ4n) is 6.48. The Morgan fingerprint density at radius 2 is 2.06 bits per heavy atom. The molecule has 2 unspecified atom stereocenters. The summed E-state index contributed by atoms with van der Waals surface area (Å²) < 4.78 is 9.77. The van der Waals surface area contributed by atoms with Crippen molar-refractivity contribution in [1.82, 2.24) is 14.7 Å². The summed E-state index contributed by atoms with van der Waals surface area (Å²) in [6, 6.07) is -0.664. The summed E-state index contributed by atoms with van der Waals surface area (Å²) in [4.78, 5) is 46.9. The van der Waals surface area contributed by atoms with Gasteiger partial charge in [-0.05, 0) is 33.1 Å². The van der Waals surface area contributed by atoms with Crippen LogP contribution >= 0.6 is 11.8 Å². The number of rotatable bonds is 11. The van der Waals surface area contributed by atoms with Crippen LogP contribution in [0.1, 0.15) is 33.1 Å². The summed E-state index contributed by atoms with van der Waals surface area (Å²) in [5.74, 6) is -1.73. The predicted molar refractivity (Wildman–Crippen MR) is 133 cm³/mol. The molecule has 4 saturated heterocycles. The van der Waals surface area contributed by atoms with Crippen molar-refractivity contribution in [3.05, 3.63) is 12.7 Å². The molecule has 0 radical (unpaired) electrons. The molecule has 4 rings (SSSR count). The average Bonchev–Trinajstić information content (AvgIpc) is 3.41. The van der Waals surface area contributed by atoms with E-state index in [2.05, 4.69) is 11.5 Å². The highest BCUT2D eigenvalue weighted by atomic mass is 32.2. The second-order valence-electron chi connectivity index (χ2n) is 10.1. The molecule has 0 aliphatic carbocycles. The smallest absolute Gasteiger partial charge is 0.311 e. The molecule has 0 aromatic rings. The van der Waals surface area contributed by atoms with Crippen LogP contribution in [0.5, 0.6) is 0 Å². The van der Waals surface area contributed by atoms with Crippen LogP contribution in [-0.4, -0.2) is 119 Å². The van der Waals surface area contributed by atoms with Gasteiger partial charge in [-0.15, -0.1) is 18.3 Å². The van der Waals surface area contributed by atoms with Crippen LogP contribution in [0, 0.1) is 11.8 Å². The number of nitrogens with zero attached hydrogens (tertiary/aromatic N) is 3. The van der Waals surface area contributed by atoms with Crippen LogP contribution in [0.15, 0.2) is 12.7 Å². The van der Waals surface area contributed by atoms with Crippen LogP contribution in [0.4, 0.5) is 0 Å². The van der Waals surface area contributed by atoms with E-state index in [1.165, 1.54) is 0 Å². The Labute approximate surface area is 212 Å². The van der Waals surface area contributed by atoms with Gasteiger partial charge in [-0.3, -0.25) is 19.3 Å². The fourth-order valence-corrected chi connectivity index (χ4v) is 8.82. The monoisotopic (exact) mass is 509 g/mol. The summed E-state index contributed by atoms with van der Waals surface area (Å²) in [6.45, 7) is 12.9. The maximum atomic E-state index is 14.2. The molecule has 4 aliphatic heterocycles. The van der Waals surface area contributed by atoms with Crippen LogP contribution in [0.3, 0.4) is 0 Å². The number of aliphatic hydroxyl groups is 1. The van der Waals surface area contributed by atoms with E-state index in [0.29, 0.717) is 45.7 Å². The molecule has 4 heterocycles. The number of hydrogen-bond acceptors (Lipinski definition) is 8. The Morgan fingerprint density at radius 1 is 1.31 bits per heavy atom. The highest BCUT2D eigenvalue weighted by Gasteiger charge is 2.77. The molecule has 2 amide bonds. The molecule has 35 heavy (non-hydrogen) atoms. The first-order valence-corrected chi connectivity index (χ1v) is 13.6. The van der Waals surface area contributed by atoms with Crippen molar-refractivity contribution in [3.8, 4) is 0 Å². The Bertz CT molecular complexity index is 836. The van der Waals surface area contributed by atoms with E-state index >= 15 is 0 Å². The zero-order chi connectivity index (χ0) is 25.2. The van der Waals surface area contributed by atoms with Gasteiger partial charge in [0.25, 0.3) is 0 Å². The summed E-state index contributed by atoms with van der Waals surface area (Å²) in [5, 5.41) is 9.50. The Kier molecular flexibility index (Phi) is 8.15. The first-order chi connectivity index (χ1) is 16.8. The van der Waals surface area contributed by atoms with E-state index in [4.69, 9.17) is 9.47 Å². The Hall–Kier alpha value is -1.62. The first-order valence-electron chi connectivity index (χ1n) is 12.8. The summed E-state index contributed by atoms with van der Waals surface area (Å²) in [7, 11) is 0. The molecule has 0 aromatic carbocycles. The minimum Gasteiger partial charge on any atom is -0.466 e. The van der Waals surface area contributed by atoms with Crippen LogP contribution in [-0.2, 0) is 23.9 Å². The molecular formula is C25H39N3O6S. The van der Waals surface area contributed by atoms with Gasteiger partial charge in [0, 0.05) is 50.6 Å². The zero-order valence-corrected chi connectivity index (χ0v) is 21.8. The predicted octanol–water partition coefficient (Wildman–Crippen LogP) is 0.760. The van der Waals surface area contributed by atoms with Crippen molar-refractivity contribution >= 4 is 29.5 Å². The number of likely N-dealkylation sites (tertiary alicyclic amines) is 1. The highest BCUT2D eigenvalue weighted by Crippen LogP contribution is 2.71. The number of hydrogen-bond donors (Lipinski definition) is 1. The second-order valence-corrected chi connectivity index (χ2v) is 12.0. The third kappa shape index (κ3) is 4.63. The molecule has 2 bridgehead atoms. The van der Waals surface area contributed by atoms with Gasteiger partial charge in [0.15, 0.2) is 0 Å². The van der Waals surface area contributed by atoms with Gasteiger partial charge in [0.1, 0.15) is 6.04 Å². The first kappa shape index (κ1) is 26.4. The Balaban J connectivity index is 1.64. The molecule has 1 spiro atoms. The van der Waals surface area contributed by atoms with Gasteiger partial charge >= 0.3 is 5.97 Å². The van der Waals surface area contributed by atoms with Gasteiger partial charge in [0.05, 0.1) is 36.4 Å². The summed E-state index contributed by atoms with van der Waals surface area (Å²) in [6.07, 6.45) is 3.58. The van der Waals surface area contributed by atoms with Gasteiger partial charge in [0.2, 0.25) is 11.8 Å². The van der Waals surface area contributed by atoms with E-state index < -0.39 is 27.4 Å². The Morgan fingerprint density at radius 3 is 2.71 bits per heavy atom. The average molecular weight is 510 g/mol. The van der Waals surface area contributed by atoms with E-state index in [0.717, 1.165) is 26.1 Å². The van der Waals surface area contributed by atoms with E-state index in [-0.39, 0.29) is 31.0 Å². The fraction of sp³-hybridized carbons (Fsp3) is 0.800. The molecule has 196 valence electrons. The number of carbonyl (C=O) groups is 3. The highest BCUT2D eigenvalue weighted by molar-refractivity contribution is 8.02. The maximum Gasteiger partial charge on any atom is 0.311 e. The van der Waals surface area contributed by atoms with E-state index in [1.807, 2.05) is 6.92 Å². The number of amides is 2. The number of morpholine rings is 1. The lowest BCUT2D eigenvalue weighted by Crippen LogP contribution is -2.56. The van der Waals surface area contributed by atoms with Crippen molar-refractivity contribution in [2.45, 2.75) is 48.6 Å². The van der Waals surface area contributed by atoms with Crippen molar-refractivity contribution < 1.29 is 29.0 Å². The van der Waals surface area contributed by atoms with Crippen LogP contribution < -0.4 is 0 Å². The topological polar surface area (TPSA) is 99.6 Å². The number of aliphatic hydroxyl groups excluding tert-OH is 1. The van der Waals surface area contributed by atoms with Gasteiger partial charge in [-0.1, -0.05) is 6.08 Å². The lowest BCUT2D eigenvalue weighted by Gasteiger charge is -2.38. The van der Waals surface area contributed by atoms with Crippen molar-refractivity contribution in [1.29, 1.82) is 0 Å². The van der Waals surface area contributed by atoms with Crippen LogP contribution in [0.2, 0.25) is 0 Å². The molecule has 10 heteroatoms. The molecular weight excluding hydrogens is 470 g/mol. The molecule has 0 aromatic heterocycles. The maximum absolute atomic E-state index is 14.2. The van der Waals surface area contributed by atoms with Crippen molar-refractivity contribution in [2.24, 2.45) is 11.8 Å². The quantitative estimate of drug-likeness (QED) is 0.322. The van der Waals surface area contributed by atoms with E-state index in [9.17, 15) is 19.5 Å². The number of ether oxygens (including phenoxy) is 2. The van der Waals surface area contributed by atoms with Gasteiger partial charge in [-0.2, -0.15) is 0 Å². The van der Waals surface area contributed by atoms with Crippen LogP contribution in [0.25, 0.3) is 0 Å². The number of fused-ring (bicyclic) bond motifs is 1.